The summed E-state index contributed by atoms with van der Waals surface area (Å²) in [5.74, 6) is 0.626. The van der Waals surface area contributed by atoms with Crippen LogP contribution in [0.1, 0.15) is 39.7 Å². The van der Waals surface area contributed by atoms with Crippen molar-refractivity contribution in [1.82, 2.24) is 29.5 Å². The molecule has 4 heterocycles. The van der Waals surface area contributed by atoms with Gasteiger partial charge in [0.05, 0.1) is 16.2 Å². The van der Waals surface area contributed by atoms with Gasteiger partial charge >= 0.3 is 6.09 Å². The summed E-state index contributed by atoms with van der Waals surface area (Å²) in [5.41, 5.74) is 3.39. The topological polar surface area (TPSA) is 144 Å². The van der Waals surface area contributed by atoms with Crippen LogP contribution >= 0.6 is 11.6 Å². The molecule has 0 aliphatic carbocycles. The molecule has 14 heteroatoms. The van der Waals surface area contributed by atoms with Crippen LogP contribution in [0.4, 0.5) is 16.6 Å². The molecule has 234 valence electrons. The second kappa shape index (κ2) is 11.8. The average Bonchev–Trinajstić information content (AvgIpc) is 3.64. The number of sulfonamides is 1. The fourth-order valence-electron chi connectivity index (χ4n) is 5.34. The summed E-state index contributed by atoms with van der Waals surface area (Å²) in [6.07, 6.45) is 4.25. The van der Waals surface area contributed by atoms with Gasteiger partial charge in [-0.05, 0) is 75.6 Å². The van der Waals surface area contributed by atoms with E-state index in [4.69, 9.17) is 21.3 Å². The Kier molecular flexibility index (Phi) is 8.00. The molecule has 2 aromatic carbocycles. The lowest BCUT2D eigenvalue weighted by Gasteiger charge is -2.24. The van der Waals surface area contributed by atoms with Crippen LogP contribution in [0.15, 0.2) is 66.0 Å². The van der Waals surface area contributed by atoms with Crippen molar-refractivity contribution in [1.29, 1.82) is 0 Å². The molecule has 45 heavy (non-hydrogen) atoms. The minimum absolute atomic E-state index is 0.00983. The third-order valence-corrected chi connectivity index (χ3v) is 9.26. The number of fused-ring (bicyclic) bond motifs is 2. The first-order valence-corrected chi connectivity index (χ1v) is 16.4. The van der Waals surface area contributed by atoms with E-state index in [0.29, 0.717) is 24.6 Å². The van der Waals surface area contributed by atoms with Gasteiger partial charge in [0.25, 0.3) is 10.0 Å². The van der Waals surface area contributed by atoms with Gasteiger partial charge in [-0.1, -0.05) is 30.7 Å². The third-order valence-electron chi connectivity index (χ3n) is 7.42. The Morgan fingerprint density at radius 2 is 1.93 bits per heavy atom. The van der Waals surface area contributed by atoms with E-state index in [1.807, 2.05) is 32.9 Å². The Bertz CT molecular complexity index is 2030. The molecule has 1 aliphatic rings. The molecule has 1 saturated heterocycles. The van der Waals surface area contributed by atoms with Crippen LogP contribution in [-0.2, 0) is 21.2 Å². The third kappa shape index (κ3) is 6.36. The maximum Gasteiger partial charge on any atom is 0.410 e. The molecule has 1 fully saturated rings. The highest BCUT2D eigenvalue weighted by Gasteiger charge is 2.30. The molecule has 0 saturated carbocycles. The standard InChI is InChI=1S/C31H33ClN8O4S/c1-5-19-14-20(15-21-16-33-29(37-27(19)21)36-22-12-13-39(17-22)30(41)44-31(2,3)4)24-10-11-25-28(34-18-35-40(24)25)38-45(42,43)26-9-7-6-8-23(26)32/h6-11,14-16,18,22H,5,12-13,17H2,1-4H3,(H,33,36,37)(H,34,35,38)/t22-/m0/s1. The molecule has 12 nitrogen and oxygen atoms in total. The van der Waals surface area contributed by atoms with Crippen molar-refractivity contribution in [3.8, 4) is 11.3 Å². The molecule has 0 radical (unpaired) electrons. The number of carbonyl (C=O) groups is 1. The van der Waals surface area contributed by atoms with Gasteiger partial charge < -0.3 is 15.0 Å². The summed E-state index contributed by atoms with van der Waals surface area (Å²) >= 11 is 6.15. The summed E-state index contributed by atoms with van der Waals surface area (Å²) in [5, 5.41) is 8.75. The Balaban J connectivity index is 1.26. The highest BCUT2D eigenvalue weighted by atomic mass is 35.5. The van der Waals surface area contributed by atoms with Gasteiger partial charge in [-0.3, -0.25) is 4.72 Å². The molecule has 1 aliphatic heterocycles. The predicted molar refractivity (Wildman–Crippen MR) is 173 cm³/mol. The summed E-state index contributed by atoms with van der Waals surface area (Å²) < 4.78 is 35.9. The minimum Gasteiger partial charge on any atom is -0.444 e. The predicted octanol–water partition coefficient (Wildman–Crippen LogP) is 5.78. The fraction of sp³-hybridized carbons (Fsp3) is 0.323. The maximum atomic E-state index is 13.1. The molecule has 3 aromatic heterocycles. The molecule has 5 aromatic rings. The highest BCUT2D eigenvalue weighted by Crippen LogP contribution is 2.31. The molecule has 0 spiro atoms. The largest absolute Gasteiger partial charge is 0.444 e. The van der Waals surface area contributed by atoms with Gasteiger partial charge in [0, 0.05) is 36.3 Å². The van der Waals surface area contributed by atoms with Gasteiger partial charge in [0.1, 0.15) is 22.3 Å². The van der Waals surface area contributed by atoms with Crippen LogP contribution in [0.5, 0.6) is 0 Å². The molecule has 0 bridgehead atoms. The second-order valence-corrected chi connectivity index (χ2v) is 13.9. The van der Waals surface area contributed by atoms with Crippen molar-refractivity contribution in [2.75, 3.05) is 23.1 Å². The van der Waals surface area contributed by atoms with Crippen molar-refractivity contribution in [2.24, 2.45) is 0 Å². The fourth-order valence-corrected chi connectivity index (χ4v) is 6.88. The number of likely N-dealkylation sites (tertiary alicyclic amines) is 1. The Morgan fingerprint density at radius 1 is 1.13 bits per heavy atom. The quantitative estimate of drug-likeness (QED) is 0.224. The number of amides is 1. The molecule has 1 atom stereocenters. The van der Waals surface area contributed by atoms with Crippen LogP contribution in [0.3, 0.4) is 0 Å². The summed E-state index contributed by atoms with van der Waals surface area (Å²) in [4.78, 5) is 27.7. The number of rotatable bonds is 7. The van der Waals surface area contributed by atoms with Crippen molar-refractivity contribution < 1.29 is 17.9 Å². The number of carbonyl (C=O) groups excluding carboxylic acids is 1. The van der Waals surface area contributed by atoms with Gasteiger partial charge in [-0.15, -0.1) is 0 Å². The monoisotopic (exact) mass is 648 g/mol. The Morgan fingerprint density at radius 3 is 2.69 bits per heavy atom. The van der Waals surface area contributed by atoms with Crippen molar-refractivity contribution >= 4 is 55.9 Å². The number of ether oxygens (including phenoxy) is 1. The highest BCUT2D eigenvalue weighted by molar-refractivity contribution is 7.92. The number of halogens is 1. The molecular formula is C31H33ClN8O4S. The Hall–Kier alpha value is -4.49. The van der Waals surface area contributed by atoms with Gasteiger partial charge in [0.2, 0.25) is 5.95 Å². The number of nitrogens with zero attached hydrogens (tertiary/aromatic N) is 6. The van der Waals surface area contributed by atoms with Crippen LogP contribution in [-0.4, -0.2) is 68.7 Å². The van der Waals surface area contributed by atoms with Gasteiger partial charge in [0.15, 0.2) is 5.82 Å². The molecule has 2 N–H and O–H groups in total. The SMILES string of the molecule is CCc1cc(-c2ccc3c(NS(=O)(=O)c4ccccc4Cl)ncnn23)cc2cnc(N[C@H]3CCN(C(=O)OC(C)(C)C)C3)nc12. The summed E-state index contributed by atoms with van der Waals surface area (Å²) in [6, 6.07) is 13.9. The summed E-state index contributed by atoms with van der Waals surface area (Å²) in [7, 11) is -3.99. The van der Waals surface area contributed by atoms with E-state index in [9.17, 15) is 13.2 Å². The smallest absolute Gasteiger partial charge is 0.410 e. The molecule has 1 amide bonds. The average molecular weight is 649 g/mol. The zero-order valence-corrected chi connectivity index (χ0v) is 26.9. The normalized spacial score (nSPS) is 15.5. The molecule has 0 unspecified atom stereocenters. The number of hydrogen-bond donors (Lipinski definition) is 2. The van der Waals surface area contributed by atoms with E-state index in [1.165, 1.54) is 18.5 Å². The zero-order valence-electron chi connectivity index (χ0n) is 25.3. The van der Waals surface area contributed by atoms with Crippen molar-refractivity contribution in [2.45, 2.75) is 57.1 Å². The van der Waals surface area contributed by atoms with E-state index in [-0.39, 0.29) is 27.9 Å². The number of hydrogen-bond acceptors (Lipinski definition) is 9. The van der Waals surface area contributed by atoms with Crippen LogP contribution in [0.2, 0.25) is 5.02 Å². The number of nitrogens with one attached hydrogen (secondary N) is 2. The van der Waals surface area contributed by atoms with Crippen molar-refractivity contribution in [3.63, 3.8) is 0 Å². The lowest BCUT2D eigenvalue weighted by Crippen LogP contribution is -2.36. The molecule has 6 rings (SSSR count). The van der Waals surface area contributed by atoms with E-state index in [2.05, 4.69) is 38.1 Å². The van der Waals surface area contributed by atoms with Crippen molar-refractivity contribution in [3.05, 3.63) is 71.6 Å². The number of anilines is 2. The van der Waals surface area contributed by atoms with E-state index < -0.39 is 15.6 Å². The second-order valence-electron chi connectivity index (χ2n) is 11.8. The maximum absolute atomic E-state index is 13.1. The zero-order chi connectivity index (χ0) is 31.9. The molecular weight excluding hydrogens is 616 g/mol. The van der Waals surface area contributed by atoms with Crippen LogP contribution < -0.4 is 10.0 Å². The van der Waals surface area contributed by atoms with Gasteiger partial charge in [-0.2, -0.15) is 5.10 Å². The lowest BCUT2D eigenvalue weighted by atomic mass is 10.0. The first-order chi connectivity index (χ1) is 21.4. The minimum atomic E-state index is -3.99. The number of benzene rings is 2. The number of aryl methyl sites for hydroxylation is 1. The van der Waals surface area contributed by atoms with Gasteiger partial charge in [-0.25, -0.2) is 32.7 Å². The van der Waals surface area contributed by atoms with Crippen LogP contribution in [0, 0.1) is 0 Å². The first-order valence-electron chi connectivity index (χ1n) is 14.6. The first kappa shape index (κ1) is 30.5. The lowest BCUT2D eigenvalue weighted by molar-refractivity contribution is 0.0293. The van der Waals surface area contributed by atoms with E-state index >= 15 is 0 Å². The number of aromatic nitrogens is 5. The summed E-state index contributed by atoms with van der Waals surface area (Å²) in [6.45, 7) is 8.73. The Labute approximate surface area is 265 Å². The van der Waals surface area contributed by atoms with E-state index in [1.54, 1.807) is 33.8 Å². The van der Waals surface area contributed by atoms with Crippen LogP contribution in [0.25, 0.3) is 27.7 Å². The van der Waals surface area contributed by atoms with E-state index in [0.717, 1.165) is 40.6 Å².